The van der Waals surface area contributed by atoms with Crippen molar-refractivity contribution in [2.45, 2.75) is 19.8 Å². The van der Waals surface area contributed by atoms with Crippen LogP contribution < -0.4 is 10.1 Å². The van der Waals surface area contributed by atoms with Crippen molar-refractivity contribution in [1.29, 1.82) is 5.26 Å². The Morgan fingerprint density at radius 3 is 2.41 bits per heavy atom. The molecule has 2 rings (SSSR count). The Bertz CT molecular complexity index is 655. The number of nitrogens with zero attached hydrogens (tertiary/aromatic N) is 1. The summed E-state index contributed by atoms with van der Waals surface area (Å²) in [7, 11) is 0. The highest BCUT2D eigenvalue weighted by Crippen LogP contribution is 2.15. The number of carbonyl (C=O) groups excluding carboxylic acids is 1. The Kier molecular flexibility index (Phi) is 5.56. The van der Waals surface area contributed by atoms with E-state index in [9.17, 15) is 4.79 Å². The zero-order chi connectivity index (χ0) is 15.8. The van der Waals surface area contributed by atoms with Crippen molar-refractivity contribution in [2.24, 2.45) is 0 Å². The molecule has 4 nitrogen and oxygen atoms in total. The van der Waals surface area contributed by atoms with Crippen LogP contribution in [0.15, 0.2) is 48.5 Å². The van der Waals surface area contributed by atoms with Gasteiger partial charge in [0, 0.05) is 12.2 Å². The van der Waals surface area contributed by atoms with Crippen LogP contribution in [0.5, 0.6) is 5.75 Å². The third-order valence-electron chi connectivity index (χ3n) is 3.17. The van der Waals surface area contributed by atoms with Crippen molar-refractivity contribution in [1.82, 2.24) is 0 Å². The molecule has 0 aliphatic carbocycles. The van der Waals surface area contributed by atoms with Crippen LogP contribution in [-0.4, -0.2) is 12.5 Å². The van der Waals surface area contributed by atoms with Crippen molar-refractivity contribution in [3.05, 3.63) is 59.7 Å². The number of ether oxygens (including phenoxy) is 1. The molecule has 0 radical (unpaired) electrons. The van der Waals surface area contributed by atoms with Crippen molar-refractivity contribution >= 4 is 11.7 Å². The Morgan fingerprint density at radius 2 is 1.82 bits per heavy atom. The van der Waals surface area contributed by atoms with Gasteiger partial charge in [-0.2, -0.15) is 5.26 Å². The largest absolute Gasteiger partial charge is 0.423 e. The van der Waals surface area contributed by atoms with Crippen molar-refractivity contribution in [3.63, 3.8) is 0 Å². The second-order valence-electron chi connectivity index (χ2n) is 4.88. The summed E-state index contributed by atoms with van der Waals surface area (Å²) in [6.45, 7) is 3.06. The molecule has 22 heavy (non-hydrogen) atoms. The summed E-state index contributed by atoms with van der Waals surface area (Å²) < 4.78 is 5.27. The van der Waals surface area contributed by atoms with Gasteiger partial charge in [0.25, 0.3) is 0 Å². The smallest absolute Gasteiger partial charge is 0.343 e. The topological polar surface area (TPSA) is 62.1 Å². The molecule has 0 aliphatic heterocycles. The van der Waals surface area contributed by atoms with Crippen LogP contribution in [0.3, 0.4) is 0 Å². The number of hydrogen-bond acceptors (Lipinski definition) is 4. The molecular formula is C18H18N2O2. The molecule has 0 atom stereocenters. The van der Waals surface area contributed by atoms with E-state index in [-0.39, 0.29) is 0 Å². The number of carbonyl (C=O) groups is 1. The molecular weight excluding hydrogens is 276 g/mol. The van der Waals surface area contributed by atoms with Gasteiger partial charge in [-0.05, 0) is 55.0 Å². The lowest BCUT2D eigenvalue weighted by Gasteiger charge is -2.07. The zero-order valence-corrected chi connectivity index (χ0v) is 12.5. The predicted octanol–water partition coefficient (Wildman–Crippen LogP) is 3.99. The first-order valence-electron chi connectivity index (χ1n) is 7.29. The number of esters is 1. The first-order chi connectivity index (χ1) is 10.7. The molecule has 0 heterocycles. The molecule has 0 aliphatic rings. The lowest BCUT2D eigenvalue weighted by atomic mass is 10.2. The number of unbranched alkanes of at least 4 members (excludes halogenated alkanes) is 1. The lowest BCUT2D eigenvalue weighted by Crippen LogP contribution is -2.08. The average Bonchev–Trinajstić information content (AvgIpc) is 2.56. The van der Waals surface area contributed by atoms with Gasteiger partial charge in [-0.25, -0.2) is 4.79 Å². The molecule has 0 saturated heterocycles. The summed E-state index contributed by atoms with van der Waals surface area (Å²) in [5.74, 6) is 0.0129. The van der Waals surface area contributed by atoms with E-state index in [0.29, 0.717) is 16.9 Å². The summed E-state index contributed by atoms with van der Waals surface area (Å²) in [5, 5.41) is 12.0. The van der Waals surface area contributed by atoms with Crippen LogP contribution in [-0.2, 0) is 0 Å². The zero-order valence-electron chi connectivity index (χ0n) is 12.5. The monoisotopic (exact) mass is 294 g/mol. The first kappa shape index (κ1) is 15.6. The Hall–Kier alpha value is -2.80. The predicted molar refractivity (Wildman–Crippen MR) is 86.0 cm³/mol. The molecule has 0 fully saturated rings. The second-order valence-corrected chi connectivity index (χ2v) is 4.88. The van der Waals surface area contributed by atoms with E-state index >= 15 is 0 Å². The molecule has 2 aromatic carbocycles. The van der Waals surface area contributed by atoms with Crippen LogP contribution in [0.2, 0.25) is 0 Å². The van der Waals surface area contributed by atoms with Gasteiger partial charge < -0.3 is 10.1 Å². The van der Waals surface area contributed by atoms with Crippen LogP contribution in [0.1, 0.15) is 35.7 Å². The number of nitriles is 1. The molecule has 0 aromatic heterocycles. The first-order valence-corrected chi connectivity index (χ1v) is 7.29. The fourth-order valence-corrected chi connectivity index (χ4v) is 1.90. The molecule has 2 aromatic rings. The van der Waals surface area contributed by atoms with E-state index in [1.165, 1.54) is 0 Å². The third-order valence-corrected chi connectivity index (χ3v) is 3.17. The highest BCUT2D eigenvalue weighted by molar-refractivity contribution is 5.91. The molecule has 112 valence electrons. The molecule has 0 amide bonds. The molecule has 4 heteroatoms. The molecule has 0 saturated carbocycles. The van der Waals surface area contributed by atoms with E-state index < -0.39 is 5.97 Å². The molecule has 0 unspecified atom stereocenters. The van der Waals surface area contributed by atoms with Gasteiger partial charge in [-0.1, -0.05) is 13.3 Å². The normalized spacial score (nSPS) is 9.82. The van der Waals surface area contributed by atoms with Crippen molar-refractivity contribution in [2.75, 3.05) is 11.9 Å². The number of hydrogen-bond donors (Lipinski definition) is 1. The highest BCUT2D eigenvalue weighted by atomic mass is 16.5. The van der Waals surface area contributed by atoms with Gasteiger partial charge in [0.2, 0.25) is 0 Å². The van der Waals surface area contributed by atoms with Gasteiger partial charge in [0.15, 0.2) is 0 Å². The number of rotatable bonds is 6. The standard InChI is InChI=1S/C18H18N2O2/c1-2-3-12-20-16-8-6-15(7-9-16)18(21)22-17-10-4-14(13-19)5-11-17/h4-11,20H,2-3,12H2,1H3. The maximum Gasteiger partial charge on any atom is 0.343 e. The van der Waals surface area contributed by atoms with E-state index in [1.54, 1.807) is 36.4 Å². The quantitative estimate of drug-likeness (QED) is 0.497. The van der Waals surface area contributed by atoms with Gasteiger partial charge in [0.1, 0.15) is 5.75 Å². The maximum atomic E-state index is 12.0. The lowest BCUT2D eigenvalue weighted by molar-refractivity contribution is 0.0735. The minimum Gasteiger partial charge on any atom is -0.423 e. The minimum absolute atomic E-state index is 0.412. The van der Waals surface area contributed by atoms with E-state index in [0.717, 1.165) is 25.1 Å². The fraction of sp³-hybridized carbons (Fsp3) is 0.222. The van der Waals surface area contributed by atoms with E-state index in [2.05, 4.69) is 12.2 Å². The molecule has 1 N–H and O–H groups in total. The number of benzene rings is 2. The maximum absolute atomic E-state index is 12.0. The second kappa shape index (κ2) is 7.84. The van der Waals surface area contributed by atoms with Gasteiger partial charge in [-0.3, -0.25) is 0 Å². The SMILES string of the molecule is CCCCNc1ccc(C(=O)Oc2ccc(C#N)cc2)cc1. The summed E-state index contributed by atoms with van der Waals surface area (Å²) in [4.78, 5) is 12.0. The third kappa shape index (κ3) is 4.35. The van der Waals surface area contributed by atoms with E-state index in [4.69, 9.17) is 10.00 Å². The molecule has 0 spiro atoms. The Morgan fingerprint density at radius 1 is 1.14 bits per heavy atom. The number of anilines is 1. The molecule has 0 bridgehead atoms. The van der Waals surface area contributed by atoms with Gasteiger partial charge >= 0.3 is 5.97 Å². The highest BCUT2D eigenvalue weighted by Gasteiger charge is 2.08. The van der Waals surface area contributed by atoms with E-state index in [1.807, 2.05) is 18.2 Å². The Balaban J connectivity index is 1.95. The van der Waals surface area contributed by atoms with Crippen LogP contribution in [0.4, 0.5) is 5.69 Å². The average molecular weight is 294 g/mol. The fourth-order valence-electron chi connectivity index (χ4n) is 1.90. The van der Waals surface area contributed by atoms with Crippen molar-refractivity contribution in [3.8, 4) is 11.8 Å². The summed E-state index contributed by atoms with van der Waals surface area (Å²) in [6, 6.07) is 15.7. The minimum atomic E-state index is -0.412. The summed E-state index contributed by atoms with van der Waals surface area (Å²) >= 11 is 0. The van der Waals surface area contributed by atoms with Crippen LogP contribution >= 0.6 is 0 Å². The van der Waals surface area contributed by atoms with Gasteiger partial charge in [0.05, 0.1) is 17.2 Å². The number of nitrogens with one attached hydrogen (secondary N) is 1. The Labute approximate surface area is 130 Å². The van der Waals surface area contributed by atoms with Gasteiger partial charge in [-0.15, -0.1) is 0 Å². The summed E-state index contributed by atoms with van der Waals surface area (Å²) in [5.41, 5.74) is 2.01. The van der Waals surface area contributed by atoms with Crippen molar-refractivity contribution < 1.29 is 9.53 Å². The van der Waals surface area contributed by atoms with Crippen LogP contribution in [0, 0.1) is 11.3 Å². The van der Waals surface area contributed by atoms with Crippen LogP contribution in [0.25, 0.3) is 0 Å². The summed E-state index contributed by atoms with van der Waals surface area (Å²) in [6.07, 6.45) is 2.25.